The van der Waals surface area contributed by atoms with E-state index in [0.717, 1.165) is 10.5 Å². The fourth-order valence-electron chi connectivity index (χ4n) is 4.77. The van der Waals surface area contributed by atoms with E-state index >= 15 is 0 Å². The topological polar surface area (TPSA) is 79.0 Å². The molecule has 2 aliphatic rings. The van der Waals surface area contributed by atoms with Crippen LogP contribution in [0, 0.1) is 5.82 Å². The van der Waals surface area contributed by atoms with Gasteiger partial charge in [-0.15, -0.1) is 0 Å². The Labute approximate surface area is 202 Å². The molecule has 0 saturated carbocycles. The van der Waals surface area contributed by atoms with Crippen LogP contribution in [0.25, 0.3) is 0 Å². The lowest BCUT2D eigenvalue weighted by molar-refractivity contribution is -0.135. The summed E-state index contributed by atoms with van der Waals surface area (Å²) < 4.78 is 19.4. The summed E-state index contributed by atoms with van der Waals surface area (Å²) in [6.07, 6.45) is 0.251. The Morgan fingerprint density at radius 2 is 1.71 bits per heavy atom. The molecule has 0 aromatic heterocycles. The van der Waals surface area contributed by atoms with Gasteiger partial charge in [0.2, 0.25) is 5.91 Å². The molecule has 2 heterocycles. The van der Waals surface area contributed by atoms with E-state index in [1.54, 1.807) is 30.0 Å². The standard InChI is InChI=1S/C27H24FN3O4/c1-2-27(19-12-14-20(28)15-13-19)25(33)30(26(34)29-27)16-24(32)31-21-10-6-7-11-23(21)35-17-22(31)18-8-4-3-5-9-18/h3-15,22H,2,16-17H2,1H3,(H,29,34)/t22-,27+/m0/s1. The van der Waals surface area contributed by atoms with Gasteiger partial charge in [0.05, 0.1) is 11.7 Å². The second kappa shape index (κ2) is 8.87. The number of fused-ring (bicyclic) bond motifs is 1. The summed E-state index contributed by atoms with van der Waals surface area (Å²) in [7, 11) is 0. The van der Waals surface area contributed by atoms with Crippen molar-refractivity contribution in [1.29, 1.82) is 0 Å². The third-order valence-electron chi connectivity index (χ3n) is 6.62. The number of carbonyl (C=O) groups excluding carboxylic acids is 3. The van der Waals surface area contributed by atoms with Crippen molar-refractivity contribution in [2.24, 2.45) is 0 Å². The first kappa shape index (κ1) is 22.6. The number of hydrogen-bond donors (Lipinski definition) is 1. The predicted octanol–water partition coefficient (Wildman–Crippen LogP) is 4.15. The average molecular weight is 474 g/mol. The fourth-order valence-corrected chi connectivity index (χ4v) is 4.77. The zero-order chi connectivity index (χ0) is 24.6. The SMILES string of the molecule is CC[C@]1(c2ccc(F)cc2)NC(=O)N(CC(=O)N2c3ccccc3OC[C@H]2c2ccccc2)C1=O. The molecule has 8 heteroatoms. The predicted molar refractivity (Wildman–Crippen MR) is 127 cm³/mol. The molecule has 0 bridgehead atoms. The van der Waals surface area contributed by atoms with Gasteiger partial charge in [0.1, 0.15) is 30.3 Å². The molecule has 0 spiro atoms. The molecule has 3 aromatic rings. The van der Waals surface area contributed by atoms with Crippen LogP contribution < -0.4 is 15.0 Å². The highest BCUT2D eigenvalue weighted by Gasteiger charge is 2.52. The first-order chi connectivity index (χ1) is 16.9. The highest BCUT2D eigenvalue weighted by atomic mass is 19.1. The van der Waals surface area contributed by atoms with Gasteiger partial charge in [0.15, 0.2) is 0 Å². The molecular formula is C27H24FN3O4. The van der Waals surface area contributed by atoms with Crippen LogP contribution in [0.5, 0.6) is 5.75 Å². The van der Waals surface area contributed by atoms with E-state index < -0.39 is 41.8 Å². The van der Waals surface area contributed by atoms with E-state index in [2.05, 4.69) is 5.32 Å². The molecule has 35 heavy (non-hydrogen) atoms. The van der Waals surface area contributed by atoms with Crippen molar-refractivity contribution < 1.29 is 23.5 Å². The van der Waals surface area contributed by atoms with Gasteiger partial charge in [-0.3, -0.25) is 19.4 Å². The van der Waals surface area contributed by atoms with Crippen LogP contribution in [0.4, 0.5) is 14.9 Å². The van der Waals surface area contributed by atoms with Crippen LogP contribution in [0.1, 0.15) is 30.5 Å². The molecular weight excluding hydrogens is 449 g/mol. The number of benzene rings is 3. The van der Waals surface area contributed by atoms with Crippen LogP contribution in [0.3, 0.4) is 0 Å². The van der Waals surface area contributed by atoms with E-state index in [9.17, 15) is 18.8 Å². The largest absolute Gasteiger partial charge is 0.489 e. The van der Waals surface area contributed by atoms with E-state index in [-0.39, 0.29) is 13.0 Å². The Bertz CT molecular complexity index is 1280. The van der Waals surface area contributed by atoms with Crippen molar-refractivity contribution in [2.45, 2.75) is 24.9 Å². The number of para-hydroxylation sites is 2. The van der Waals surface area contributed by atoms with Crippen LogP contribution in [-0.2, 0) is 15.1 Å². The Kier molecular flexibility index (Phi) is 5.72. The summed E-state index contributed by atoms with van der Waals surface area (Å²) in [4.78, 5) is 42.7. The number of carbonyl (C=O) groups is 3. The maximum Gasteiger partial charge on any atom is 0.325 e. The monoisotopic (exact) mass is 473 g/mol. The number of urea groups is 1. The molecule has 178 valence electrons. The van der Waals surface area contributed by atoms with Crippen molar-refractivity contribution in [3.63, 3.8) is 0 Å². The molecule has 7 nitrogen and oxygen atoms in total. The molecule has 0 unspecified atom stereocenters. The molecule has 2 atom stereocenters. The zero-order valence-electron chi connectivity index (χ0n) is 19.1. The lowest BCUT2D eigenvalue weighted by Gasteiger charge is -2.37. The lowest BCUT2D eigenvalue weighted by atomic mass is 9.87. The highest BCUT2D eigenvalue weighted by molar-refractivity contribution is 6.11. The third-order valence-corrected chi connectivity index (χ3v) is 6.62. The Morgan fingerprint density at radius 3 is 2.43 bits per heavy atom. The van der Waals surface area contributed by atoms with E-state index in [0.29, 0.717) is 17.0 Å². The Balaban J connectivity index is 1.47. The van der Waals surface area contributed by atoms with Crippen LogP contribution >= 0.6 is 0 Å². The lowest BCUT2D eigenvalue weighted by Crippen LogP contribution is -2.48. The summed E-state index contributed by atoms with van der Waals surface area (Å²) >= 11 is 0. The quantitative estimate of drug-likeness (QED) is 0.565. The van der Waals surface area contributed by atoms with Crippen LogP contribution in [0.15, 0.2) is 78.9 Å². The van der Waals surface area contributed by atoms with Gasteiger partial charge in [-0.2, -0.15) is 0 Å². The highest BCUT2D eigenvalue weighted by Crippen LogP contribution is 2.40. The second-order valence-corrected chi connectivity index (χ2v) is 8.56. The molecule has 3 aromatic carbocycles. The molecule has 5 rings (SSSR count). The molecule has 1 saturated heterocycles. The molecule has 4 amide bonds. The van der Waals surface area contributed by atoms with Gasteiger partial charge in [-0.25, -0.2) is 9.18 Å². The fraction of sp³-hybridized carbons (Fsp3) is 0.222. The molecule has 0 radical (unpaired) electrons. The first-order valence-electron chi connectivity index (χ1n) is 11.4. The summed E-state index contributed by atoms with van der Waals surface area (Å²) in [5.41, 5.74) is 0.563. The van der Waals surface area contributed by atoms with Crippen molar-refractivity contribution in [3.05, 3.63) is 95.8 Å². The maximum atomic E-state index is 13.7. The molecule has 2 aliphatic heterocycles. The summed E-state index contributed by atoms with van der Waals surface area (Å²) in [5.74, 6) is -0.840. The van der Waals surface area contributed by atoms with Crippen molar-refractivity contribution >= 4 is 23.5 Å². The number of anilines is 1. The summed E-state index contributed by atoms with van der Waals surface area (Å²) in [5, 5.41) is 2.74. The number of amides is 4. The second-order valence-electron chi connectivity index (χ2n) is 8.56. The van der Waals surface area contributed by atoms with E-state index in [1.807, 2.05) is 36.4 Å². The minimum atomic E-state index is -1.35. The van der Waals surface area contributed by atoms with Crippen molar-refractivity contribution in [3.8, 4) is 5.75 Å². The smallest absolute Gasteiger partial charge is 0.325 e. The van der Waals surface area contributed by atoms with Gasteiger partial charge in [0.25, 0.3) is 5.91 Å². The number of hydrogen-bond acceptors (Lipinski definition) is 4. The van der Waals surface area contributed by atoms with Gasteiger partial charge < -0.3 is 10.1 Å². The van der Waals surface area contributed by atoms with Crippen LogP contribution in [0.2, 0.25) is 0 Å². The molecule has 1 N–H and O–H groups in total. The van der Waals surface area contributed by atoms with Gasteiger partial charge in [-0.05, 0) is 41.8 Å². The zero-order valence-corrected chi connectivity index (χ0v) is 19.1. The number of rotatable bonds is 5. The normalized spacial score (nSPS) is 21.4. The number of ether oxygens (including phenoxy) is 1. The van der Waals surface area contributed by atoms with Gasteiger partial charge in [-0.1, -0.05) is 61.5 Å². The number of imide groups is 1. The Hall–Kier alpha value is -4.20. The van der Waals surface area contributed by atoms with Gasteiger partial charge >= 0.3 is 6.03 Å². The van der Waals surface area contributed by atoms with Crippen molar-refractivity contribution in [1.82, 2.24) is 10.2 Å². The molecule has 1 fully saturated rings. The number of nitrogens with one attached hydrogen (secondary N) is 1. The maximum absolute atomic E-state index is 13.7. The summed E-state index contributed by atoms with van der Waals surface area (Å²) in [6, 6.07) is 21.0. The average Bonchev–Trinajstić information content (AvgIpc) is 3.14. The Morgan fingerprint density at radius 1 is 1.03 bits per heavy atom. The first-order valence-corrected chi connectivity index (χ1v) is 11.4. The van der Waals surface area contributed by atoms with E-state index in [1.165, 1.54) is 24.3 Å². The third kappa shape index (κ3) is 3.80. The summed E-state index contributed by atoms with van der Waals surface area (Å²) in [6.45, 7) is 1.56. The minimum Gasteiger partial charge on any atom is -0.489 e. The molecule has 0 aliphatic carbocycles. The minimum absolute atomic E-state index is 0.237. The van der Waals surface area contributed by atoms with Crippen molar-refractivity contribution in [2.75, 3.05) is 18.1 Å². The van der Waals surface area contributed by atoms with Crippen LogP contribution in [-0.4, -0.2) is 35.9 Å². The van der Waals surface area contributed by atoms with Gasteiger partial charge in [0, 0.05) is 0 Å². The van der Waals surface area contributed by atoms with E-state index in [4.69, 9.17) is 4.74 Å². The number of nitrogens with zero attached hydrogens (tertiary/aromatic N) is 2. The number of halogens is 1.